The lowest BCUT2D eigenvalue weighted by molar-refractivity contribution is 0.101. The van der Waals surface area contributed by atoms with Crippen LogP contribution in [0.2, 0.25) is 0 Å². The summed E-state index contributed by atoms with van der Waals surface area (Å²) in [6.45, 7) is 0. The summed E-state index contributed by atoms with van der Waals surface area (Å²) in [4.78, 5) is 15.6. The van der Waals surface area contributed by atoms with Crippen molar-refractivity contribution in [1.29, 1.82) is 0 Å². The second kappa shape index (κ2) is 4.73. The van der Waals surface area contributed by atoms with Crippen LogP contribution in [0, 0.1) is 0 Å². The molecule has 0 saturated heterocycles. The molecule has 0 unspecified atom stereocenters. The quantitative estimate of drug-likeness (QED) is 0.742. The zero-order valence-electron chi connectivity index (χ0n) is 9.70. The van der Waals surface area contributed by atoms with Crippen molar-refractivity contribution in [3.05, 3.63) is 48.4 Å². The molecule has 0 atom stereocenters. The number of aromatic amines is 1. The third-order valence-corrected chi connectivity index (χ3v) is 2.45. The second-order valence-electron chi connectivity index (χ2n) is 3.73. The van der Waals surface area contributed by atoms with Crippen LogP contribution < -0.4 is 5.32 Å². The highest BCUT2D eigenvalue weighted by atomic mass is 16.5. The van der Waals surface area contributed by atoms with E-state index in [0.29, 0.717) is 5.76 Å². The van der Waals surface area contributed by atoms with E-state index >= 15 is 0 Å². The molecule has 3 rings (SSSR count). The summed E-state index contributed by atoms with van der Waals surface area (Å²) < 4.78 is 5.13. The van der Waals surface area contributed by atoms with Gasteiger partial charge in [-0.2, -0.15) is 10.1 Å². The standard InChI is InChI=1S/C12H9N5O2/c18-11(15-12-13-7-14-16-12)9-6-10(19-17-9)8-4-2-1-3-5-8/h1-7H,(H2,13,14,15,16,18). The Morgan fingerprint density at radius 2 is 2.11 bits per heavy atom. The minimum absolute atomic E-state index is 0.176. The maximum Gasteiger partial charge on any atom is 0.280 e. The molecular weight excluding hydrogens is 246 g/mol. The minimum atomic E-state index is -0.414. The SMILES string of the molecule is O=C(Nc1ncn[nH]1)c1cc(-c2ccccc2)on1. The second-order valence-corrected chi connectivity index (χ2v) is 3.73. The number of anilines is 1. The van der Waals surface area contributed by atoms with E-state index in [-0.39, 0.29) is 11.6 Å². The topological polar surface area (TPSA) is 96.7 Å². The maximum absolute atomic E-state index is 11.8. The van der Waals surface area contributed by atoms with Crippen molar-refractivity contribution < 1.29 is 9.32 Å². The van der Waals surface area contributed by atoms with Gasteiger partial charge in [0.15, 0.2) is 11.5 Å². The summed E-state index contributed by atoms with van der Waals surface area (Å²) in [5.74, 6) is 0.375. The van der Waals surface area contributed by atoms with Gasteiger partial charge in [0.25, 0.3) is 5.91 Å². The van der Waals surface area contributed by atoms with Crippen molar-refractivity contribution in [3.63, 3.8) is 0 Å². The number of amides is 1. The molecule has 2 aromatic heterocycles. The summed E-state index contributed by atoms with van der Waals surface area (Å²) in [5.41, 5.74) is 1.03. The lowest BCUT2D eigenvalue weighted by Crippen LogP contribution is -2.13. The van der Waals surface area contributed by atoms with Gasteiger partial charge in [-0.25, -0.2) is 5.10 Å². The molecule has 7 heteroatoms. The largest absolute Gasteiger partial charge is 0.355 e. The molecule has 2 heterocycles. The molecule has 0 aliphatic carbocycles. The third kappa shape index (κ3) is 2.34. The lowest BCUT2D eigenvalue weighted by atomic mass is 10.1. The van der Waals surface area contributed by atoms with Crippen LogP contribution in [0.5, 0.6) is 0 Å². The summed E-state index contributed by atoms with van der Waals surface area (Å²) >= 11 is 0. The Kier molecular flexibility index (Phi) is 2.77. The van der Waals surface area contributed by atoms with E-state index in [0.717, 1.165) is 5.56 Å². The Balaban J connectivity index is 1.80. The van der Waals surface area contributed by atoms with Gasteiger partial charge >= 0.3 is 0 Å². The molecule has 1 aromatic carbocycles. The van der Waals surface area contributed by atoms with Gasteiger partial charge in [-0.15, -0.1) is 0 Å². The number of hydrogen-bond donors (Lipinski definition) is 2. The predicted octanol–water partition coefficient (Wildman–Crippen LogP) is 1.71. The highest BCUT2D eigenvalue weighted by molar-refractivity contribution is 6.02. The van der Waals surface area contributed by atoms with E-state index in [1.807, 2.05) is 30.3 Å². The van der Waals surface area contributed by atoms with Crippen molar-refractivity contribution in [2.45, 2.75) is 0 Å². The van der Waals surface area contributed by atoms with Crippen LogP contribution in [-0.2, 0) is 0 Å². The van der Waals surface area contributed by atoms with E-state index in [1.165, 1.54) is 6.33 Å². The minimum Gasteiger partial charge on any atom is -0.355 e. The first-order valence-electron chi connectivity index (χ1n) is 5.52. The van der Waals surface area contributed by atoms with Crippen LogP contribution in [0.1, 0.15) is 10.5 Å². The van der Waals surface area contributed by atoms with E-state index in [4.69, 9.17) is 4.52 Å². The first-order valence-corrected chi connectivity index (χ1v) is 5.52. The van der Waals surface area contributed by atoms with Crippen molar-refractivity contribution in [1.82, 2.24) is 20.3 Å². The van der Waals surface area contributed by atoms with Gasteiger partial charge in [-0.1, -0.05) is 35.5 Å². The average Bonchev–Trinajstić information content (AvgIpc) is 3.10. The van der Waals surface area contributed by atoms with Crippen molar-refractivity contribution in [3.8, 4) is 11.3 Å². The van der Waals surface area contributed by atoms with Gasteiger partial charge in [0.1, 0.15) is 6.33 Å². The van der Waals surface area contributed by atoms with Crippen LogP contribution in [0.25, 0.3) is 11.3 Å². The number of nitrogens with one attached hydrogen (secondary N) is 2. The molecule has 3 aromatic rings. The fourth-order valence-corrected chi connectivity index (χ4v) is 1.56. The van der Waals surface area contributed by atoms with E-state index < -0.39 is 5.91 Å². The van der Waals surface area contributed by atoms with Gasteiger partial charge in [-0.3, -0.25) is 10.1 Å². The smallest absolute Gasteiger partial charge is 0.280 e. The number of carbonyl (C=O) groups excluding carboxylic acids is 1. The van der Waals surface area contributed by atoms with E-state index in [1.54, 1.807) is 6.07 Å². The number of H-pyrrole nitrogens is 1. The zero-order chi connectivity index (χ0) is 13.1. The Labute approximate surface area is 107 Å². The molecule has 0 aliphatic heterocycles. The Morgan fingerprint density at radius 3 is 2.84 bits per heavy atom. The van der Waals surface area contributed by atoms with Gasteiger partial charge < -0.3 is 4.52 Å². The number of hydrogen-bond acceptors (Lipinski definition) is 5. The van der Waals surface area contributed by atoms with Crippen LogP contribution >= 0.6 is 0 Å². The van der Waals surface area contributed by atoms with E-state index in [9.17, 15) is 4.79 Å². The van der Waals surface area contributed by atoms with Gasteiger partial charge in [0.2, 0.25) is 5.95 Å². The van der Waals surface area contributed by atoms with Gasteiger partial charge in [0, 0.05) is 11.6 Å². The van der Waals surface area contributed by atoms with Gasteiger partial charge in [-0.05, 0) is 0 Å². The number of rotatable bonds is 3. The van der Waals surface area contributed by atoms with Crippen LogP contribution in [0.15, 0.2) is 47.2 Å². The summed E-state index contributed by atoms with van der Waals surface area (Å²) in [5, 5.41) is 12.4. The van der Waals surface area contributed by atoms with Crippen LogP contribution in [0.4, 0.5) is 5.95 Å². The first kappa shape index (κ1) is 11.1. The van der Waals surface area contributed by atoms with Crippen LogP contribution in [-0.4, -0.2) is 26.2 Å². The van der Waals surface area contributed by atoms with Crippen molar-refractivity contribution in [2.75, 3.05) is 5.32 Å². The molecule has 0 fully saturated rings. The normalized spacial score (nSPS) is 10.3. The Morgan fingerprint density at radius 1 is 1.26 bits per heavy atom. The van der Waals surface area contributed by atoms with Gasteiger partial charge in [0.05, 0.1) is 0 Å². The fraction of sp³-hybridized carbons (Fsp3) is 0. The average molecular weight is 255 g/mol. The molecule has 0 aliphatic rings. The van der Waals surface area contributed by atoms with Crippen molar-refractivity contribution >= 4 is 11.9 Å². The lowest BCUT2D eigenvalue weighted by Gasteiger charge is -1.95. The molecule has 0 radical (unpaired) electrons. The number of benzene rings is 1. The molecule has 1 amide bonds. The summed E-state index contributed by atoms with van der Waals surface area (Å²) in [6.07, 6.45) is 1.30. The number of nitrogens with zero attached hydrogens (tertiary/aromatic N) is 3. The van der Waals surface area contributed by atoms with E-state index in [2.05, 4.69) is 25.7 Å². The molecule has 7 nitrogen and oxygen atoms in total. The molecule has 94 valence electrons. The zero-order valence-corrected chi connectivity index (χ0v) is 9.70. The molecular formula is C12H9N5O2. The predicted molar refractivity (Wildman–Crippen MR) is 66.3 cm³/mol. The molecule has 0 saturated carbocycles. The maximum atomic E-state index is 11.8. The molecule has 0 bridgehead atoms. The summed E-state index contributed by atoms with van der Waals surface area (Å²) in [7, 11) is 0. The highest BCUT2D eigenvalue weighted by Gasteiger charge is 2.14. The highest BCUT2D eigenvalue weighted by Crippen LogP contribution is 2.19. The third-order valence-electron chi connectivity index (χ3n) is 2.45. The fourth-order valence-electron chi connectivity index (χ4n) is 1.56. The monoisotopic (exact) mass is 255 g/mol. The molecule has 2 N–H and O–H groups in total. The first-order chi connectivity index (χ1) is 9.33. The Bertz CT molecular complexity index is 675. The number of carbonyl (C=O) groups is 1. The number of aromatic nitrogens is 4. The van der Waals surface area contributed by atoms with Crippen molar-refractivity contribution in [2.24, 2.45) is 0 Å². The summed E-state index contributed by atoms with van der Waals surface area (Å²) in [6, 6.07) is 11.0. The molecule has 19 heavy (non-hydrogen) atoms. The van der Waals surface area contributed by atoms with Crippen LogP contribution in [0.3, 0.4) is 0 Å². The Hall–Kier alpha value is -2.96. The molecule has 0 spiro atoms.